The fraction of sp³-hybridized carbons (Fsp3) is 0.312. The predicted octanol–water partition coefficient (Wildman–Crippen LogP) is 2.32. The second-order valence-corrected chi connectivity index (χ2v) is 5.77. The van der Waals surface area contributed by atoms with Crippen LogP contribution >= 0.6 is 0 Å². The number of rotatable bonds is 3. The Labute approximate surface area is 133 Å². The van der Waals surface area contributed by atoms with E-state index in [1.54, 1.807) is 0 Å². The SMILES string of the molecule is Cn1c(C(=O)NC2CCCc3cc(N)ccc32)ccc1[N+](=O)[O-]. The highest BCUT2D eigenvalue weighted by atomic mass is 16.6. The standard InChI is InChI=1S/C16H18N4O3/c1-19-14(7-8-15(19)20(22)23)16(21)18-13-4-2-3-10-9-11(17)5-6-12(10)13/h5-9,13H,2-4,17H2,1H3,(H,18,21). The molecule has 0 spiro atoms. The van der Waals surface area contributed by atoms with Gasteiger partial charge in [0.2, 0.25) is 0 Å². The number of benzene rings is 1. The number of nitrogens with zero attached hydrogens (tertiary/aromatic N) is 2. The van der Waals surface area contributed by atoms with Crippen molar-refractivity contribution in [1.82, 2.24) is 9.88 Å². The molecule has 7 nitrogen and oxygen atoms in total. The number of nitrogens with two attached hydrogens (primary N) is 1. The van der Waals surface area contributed by atoms with Gasteiger partial charge in [0.05, 0.1) is 13.1 Å². The fourth-order valence-electron chi connectivity index (χ4n) is 3.13. The van der Waals surface area contributed by atoms with Gasteiger partial charge >= 0.3 is 5.82 Å². The topological polar surface area (TPSA) is 103 Å². The van der Waals surface area contributed by atoms with Gasteiger partial charge in [-0.2, -0.15) is 0 Å². The van der Waals surface area contributed by atoms with E-state index in [1.165, 1.54) is 23.7 Å². The number of amides is 1. The number of hydrogen-bond donors (Lipinski definition) is 2. The maximum Gasteiger partial charge on any atom is 0.323 e. The quantitative estimate of drug-likeness (QED) is 0.515. The largest absolute Gasteiger partial charge is 0.399 e. The van der Waals surface area contributed by atoms with E-state index in [1.807, 2.05) is 18.2 Å². The summed E-state index contributed by atoms with van der Waals surface area (Å²) in [7, 11) is 1.52. The molecule has 1 aromatic carbocycles. The van der Waals surface area contributed by atoms with Gasteiger partial charge in [-0.3, -0.25) is 4.79 Å². The molecular formula is C16H18N4O3. The maximum absolute atomic E-state index is 12.5. The van der Waals surface area contributed by atoms with Gasteiger partial charge in [-0.25, -0.2) is 4.57 Å². The van der Waals surface area contributed by atoms with Crippen LogP contribution in [0.4, 0.5) is 11.5 Å². The molecule has 1 amide bonds. The smallest absolute Gasteiger partial charge is 0.323 e. The Balaban J connectivity index is 1.83. The highest BCUT2D eigenvalue weighted by Crippen LogP contribution is 2.31. The zero-order chi connectivity index (χ0) is 16.6. The number of hydrogen-bond acceptors (Lipinski definition) is 4. The van der Waals surface area contributed by atoms with Gasteiger partial charge in [-0.15, -0.1) is 0 Å². The molecule has 0 radical (unpaired) electrons. The normalized spacial score (nSPS) is 16.7. The van der Waals surface area contributed by atoms with Crippen LogP contribution in [0.5, 0.6) is 0 Å². The number of nitro groups is 1. The predicted molar refractivity (Wildman–Crippen MR) is 86.1 cm³/mol. The summed E-state index contributed by atoms with van der Waals surface area (Å²) in [6.07, 6.45) is 2.76. The first-order valence-electron chi connectivity index (χ1n) is 7.46. The van der Waals surface area contributed by atoms with E-state index < -0.39 is 4.92 Å². The monoisotopic (exact) mass is 314 g/mol. The Morgan fingerprint density at radius 3 is 2.87 bits per heavy atom. The summed E-state index contributed by atoms with van der Waals surface area (Å²) in [4.78, 5) is 22.8. The molecule has 1 aliphatic rings. The summed E-state index contributed by atoms with van der Waals surface area (Å²) in [5, 5.41) is 13.9. The molecule has 3 rings (SSSR count). The van der Waals surface area contributed by atoms with E-state index >= 15 is 0 Å². The van der Waals surface area contributed by atoms with Gasteiger partial charge in [0.25, 0.3) is 5.91 Å². The Morgan fingerprint density at radius 2 is 2.17 bits per heavy atom. The van der Waals surface area contributed by atoms with Gasteiger partial charge in [0.15, 0.2) is 5.69 Å². The molecule has 0 saturated heterocycles. The van der Waals surface area contributed by atoms with Gasteiger partial charge in [0.1, 0.15) is 0 Å². The van der Waals surface area contributed by atoms with E-state index in [2.05, 4.69) is 5.32 Å². The third-order valence-corrected chi connectivity index (χ3v) is 4.30. The Bertz CT molecular complexity index is 782. The molecule has 120 valence electrons. The molecule has 1 unspecified atom stereocenters. The first-order valence-corrected chi connectivity index (χ1v) is 7.46. The van der Waals surface area contributed by atoms with Crippen molar-refractivity contribution < 1.29 is 9.72 Å². The Kier molecular flexibility index (Phi) is 3.77. The molecule has 1 aromatic heterocycles. The molecule has 0 saturated carbocycles. The minimum absolute atomic E-state index is 0.0965. The molecule has 2 aromatic rings. The maximum atomic E-state index is 12.5. The Morgan fingerprint density at radius 1 is 1.39 bits per heavy atom. The number of fused-ring (bicyclic) bond motifs is 1. The van der Waals surface area contributed by atoms with Gasteiger partial charge < -0.3 is 21.2 Å². The zero-order valence-corrected chi connectivity index (χ0v) is 12.8. The molecule has 1 aliphatic carbocycles. The molecular weight excluding hydrogens is 296 g/mol. The number of nitrogen functional groups attached to an aromatic ring is 1. The van der Waals surface area contributed by atoms with E-state index in [4.69, 9.17) is 5.73 Å². The Hall–Kier alpha value is -2.83. The number of anilines is 1. The summed E-state index contributed by atoms with van der Waals surface area (Å²) in [6.45, 7) is 0. The lowest BCUT2D eigenvalue weighted by atomic mass is 9.87. The lowest BCUT2D eigenvalue weighted by molar-refractivity contribution is -0.391. The molecule has 0 aliphatic heterocycles. The van der Waals surface area contributed by atoms with Crippen LogP contribution in [0.3, 0.4) is 0 Å². The van der Waals surface area contributed by atoms with Crippen molar-refractivity contribution in [3.63, 3.8) is 0 Å². The number of carbonyl (C=O) groups excluding carboxylic acids is 1. The average Bonchev–Trinajstić information content (AvgIpc) is 2.89. The van der Waals surface area contributed by atoms with Crippen molar-refractivity contribution in [3.05, 3.63) is 57.3 Å². The third kappa shape index (κ3) is 2.77. The number of carbonyl (C=O) groups is 1. The first-order chi connectivity index (χ1) is 11.0. The molecule has 1 heterocycles. The van der Waals surface area contributed by atoms with Crippen molar-refractivity contribution in [3.8, 4) is 0 Å². The second kappa shape index (κ2) is 5.75. The van der Waals surface area contributed by atoms with Crippen LogP contribution in [0.1, 0.15) is 40.5 Å². The number of aromatic nitrogens is 1. The summed E-state index contributed by atoms with van der Waals surface area (Å²) >= 11 is 0. The summed E-state index contributed by atoms with van der Waals surface area (Å²) in [5.74, 6) is -0.415. The first kappa shape index (κ1) is 15.1. The summed E-state index contributed by atoms with van der Waals surface area (Å²) in [6, 6.07) is 8.44. The second-order valence-electron chi connectivity index (χ2n) is 5.77. The summed E-state index contributed by atoms with van der Waals surface area (Å²) < 4.78 is 1.29. The van der Waals surface area contributed by atoms with Crippen LogP contribution in [0.15, 0.2) is 30.3 Å². The van der Waals surface area contributed by atoms with E-state index in [0.717, 1.165) is 30.4 Å². The highest BCUT2D eigenvalue weighted by Gasteiger charge is 2.26. The molecule has 7 heteroatoms. The minimum atomic E-state index is -0.504. The van der Waals surface area contributed by atoms with Crippen LogP contribution in [0.2, 0.25) is 0 Å². The van der Waals surface area contributed by atoms with E-state index in [0.29, 0.717) is 5.69 Å². The molecule has 3 N–H and O–H groups in total. The molecule has 23 heavy (non-hydrogen) atoms. The molecule has 0 fully saturated rings. The summed E-state index contributed by atoms with van der Waals surface area (Å²) in [5.41, 5.74) is 9.03. The van der Waals surface area contributed by atoms with Crippen molar-refractivity contribution in [2.45, 2.75) is 25.3 Å². The van der Waals surface area contributed by atoms with Crippen molar-refractivity contribution in [2.24, 2.45) is 7.05 Å². The minimum Gasteiger partial charge on any atom is -0.399 e. The van der Waals surface area contributed by atoms with Crippen molar-refractivity contribution in [2.75, 3.05) is 5.73 Å². The third-order valence-electron chi connectivity index (χ3n) is 4.30. The number of aryl methyl sites for hydroxylation is 1. The van der Waals surface area contributed by atoms with Crippen molar-refractivity contribution >= 4 is 17.4 Å². The van der Waals surface area contributed by atoms with Crippen molar-refractivity contribution in [1.29, 1.82) is 0 Å². The van der Waals surface area contributed by atoms with Crippen LogP contribution in [0, 0.1) is 10.1 Å². The zero-order valence-electron chi connectivity index (χ0n) is 12.8. The van der Waals surface area contributed by atoms with Crippen LogP contribution < -0.4 is 11.1 Å². The highest BCUT2D eigenvalue weighted by molar-refractivity contribution is 5.93. The lowest BCUT2D eigenvalue weighted by Gasteiger charge is -2.26. The van der Waals surface area contributed by atoms with Gasteiger partial charge in [0, 0.05) is 11.8 Å². The van der Waals surface area contributed by atoms with E-state index in [-0.39, 0.29) is 23.5 Å². The molecule has 0 bridgehead atoms. The van der Waals surface area contributed by atoms with Crippen LogP contribution in [-0.2, 0) is 13.5 Å². The van der Waals surface area contributed by atoms with Crippen LogP contribution in [-0.4, -0.2) is 15.4 Å². The number of nitrogens with one attached hydrogen (secondary N) is 1. The fourth-order valence-corrected chi connectivity index (χ4v) is 3.13. The average molecular weight is 314 g/mol. The lowest BCUT2D eigenvalue weighted by Crippen LogP contribution is -2.32. The van der Waals surface area contributed by atoms with Gasteiger partial charge in [-0.05, 0) is 53.5 Å². The van der Waals surface area contributed by atoms with E-state index in [9.17, 15) is 14.9 Å². The van der Waals surface area contributed by atoms with Gasteiger partial charge in [-0.1, -0.05) is 6.07 Å². The molecule has 1 atom stereocenters. The van der Waals surface area contributed by atoms with Crippen LogP contribution in [0.25, 0.3) is 0 Å².